The second-order valence-corrected chi connectivity index (χ2v) is 7.21. The van der Waals surface area contributed by atoms with E-state index in [0.717, 1.165) is 5.56 Å². The number of hydrogen-bond donors (Lipinski definition) is 2. The molecule has 2 fully saturated rings. The van der Waals surface area contributed by atoms with Crippen LogP contribution in [0.15, 0.2) is 36.7 Å². The Morgan fingerprint density at radius 3 is 2.81 bits per heavy atom. The highest BCUT2D eigenvalue weighted by atomic mass is 19.3. The average Bonchev–Trinajstić information content (AvgIpc) is 2.99. The Balaban J connectivity index is 1.39. The number of benzene rings is 1. The van der Waals surface area contributed by atoms with E-state index in [9.17, 15) is 18.7 Å². The van der Waals surface area contributed by atoms with Crippen molar-refractivity contribution in [3.8, 4) is 0 Å². The summed E-state index contributed by atoms with van der Waals surface area (Å²) in [7, 11) is 1.46. The maximum Gasteiger partial charge on any atom is 0.291 e. The second kappa shape index (κ2) is 6.65. The summed E-state index contributed by atoms with van der Waals surface area (Å²) in [5.74, 6) is -4.06. The molecule has 1 aromatic carbocycles. The summed E-state index contributed by atoms with van der Waals surface area (Å²) in [6.45, 7) is 0.481. The molecule has 2 aliphatic rings. The van der Waals surface area contributed by atoms with Gasteiger partial charge in [-0.15, -0.1) is 5.10 Å². The van der Waals surface area contributed by atoms with Gasteiger partial charge in [-0.05, 0) is 25.5 Å². The molecule has 144 valence electrons. The molecule has 1 aliphatic carbocycles. The fraction of sp³-hybridized carbons (Fsp3) is 0.500. The lowest BCUT2D eigenvalue weighted by Gasteiger charge is -2.29. The first kappa shape index (κ1) is 18.0. The number of rotatable bonds is 4. The van der Waals surface area contributed by atoms with Crippen molar-refractivity contribution in [3.05, 3.63) is 48.0 Å². The van der Waals surface area contributed by atoms with Crippen LogP contribution in [-0.2, 0) is 6.54 Å². The third-order valence-electron chi connectivity index (χ3n) is 5.41. The molecule has 2 N–H and O–H groups in total. The number of aliphatic hydroxyl groups is 1. The normalized spacial score (nSPS) is 29.6. The van der Waals surface area contributed by atoms with Crippen molar-refractivity contribution >= 4 is 5.91 Å². The Labute approximate surface area is 155 Å². The van der Waals surface area contributed by atoms with Gasteiger partial charge in [0.15, 0.2) is 0 Å². The van der Waals surface area contributed by atoms with Crippen molar-refractivity contribution in [2.45, 2.75) is 43.6 Å². The molecule has 7 nitrogen and oxygen atoms in total. The number of nitrogens with one attached hydrogen (secondary N) is 1. The van der Waals surface area contributed by atoms with Gasteiger partial charge in [-0.2, -0.15) is 0 Å². The molecule has 1 unspecified atom stereocenters. The number of alkyl halides is 2. The van der Waals surface area contributed by atoms with E-state index >= 15 is 0 Å². The minimum absolute atomic E-state index is 0.0134. The van der Waals surface area contributed by atoms with Gasteiger partial charge in [0.05, 0.1) is 18.6 Å². The van der Waals surface area contributed by atoms with Crippen LogP contribution in [0.5, 0.6) is 0 Å². The van der Waals surface area contributed by atoms with Crippen LogP contribution in [0.2, 0.25) is 0 Å². The lowest BCUT2D eigenvalue weighted by molar-refractivity contribution is -0.0384. The highest BCUT2D eigenvalue weighted by molar-refractivity contribution is 5.90. The number of likely N-dealkylation sites (tertiary alicyclic amines) is 1. The largest absolute Gasteiger partial charge is 0.376 e. The summed E-state index contributed by atoms with van der Waals surface area (Å²) in [6, 6.07) is 8.03. The van der Waals surface area contributed by atoms with Crippen molar-refractivity contribution in [2.75, 3.05) is 7.05 Å². The third-order valence-corrected chi connectivity index (χ3v) is 5.41. The molecule has 9 heteroatoms. The number of amides is 1. The van der Waals surface area contributed by atoms with Gasteiger partial charge in [-0.1, -0.05) is 30.3 Å². The van der Waals surface area contributed by atoms with E-state index in [0.29, 0.717) is 6.54 Å². The van der Waals surface area contributed by atoms with Gasteiger partial charge >= 0.3 is 0 Å². The van der Waals surface area contributed by atoms with E-state index < -0.39 is 36.1 Å². The molecule has 4 rings (SSSR count). The zero-order valence-electron chi connectivity index (χ0n) is 14.8. The quantitative estimate of drug-likeness (QED) is 0.834. The number of aromatic nitrogens is 3. The van der Waals surface area contributed by atoms with Crippen LogP contribution in [0, 0.1) is 5.92 Å². The number of likely N-dealkylation sites (N-methyl/N-ethyl adjacent to an activating group) is 1. The van der Waals surface area contributed by atoms with Crippen LogP contribution >= 0.6 is 0 Å². The highest BCUT2D eigenvalue weighted by Crippen LogP contribution is 2.56. The first-order chi connectivity index (χ1) is 12.9. The van der Waals surface area contributed by atoms with E-state index in [1.165, 1.54) is 18.3 Å². The predicted molar refractivity (Wildman–Crippen MR) is 92.0 cm³/mol. The molecule has 1 saturated heterocycles. The SMILES string of the molecule is CN1C(O)[C@@H](NC(=O)c2ncn(Cc3ccccc3)n2)CC[C@H]2[C@@H]1C2(F)F. The molecule has 27 heavy (non-hydrogen) atoms. The highest BCUT2D eigenvalue weighted by Gasteiger charge is 2.71. The maximum absolute atomic E-state index is 13.7. The molecular weight excluding hydrogens is 356 g/mol. The first-order valence-electron chi connectivity index (χ1n) is 8.90. The van der Waals surface area contributed by atoms with Crippen molar-refractivity contribution < 1.29 is 18.7 Å². The predicted octanol–water partition coefficient (Wildman–Crippen LogP) is 1.10. The van der Waals surface area contributed by atoms with Gasteiger partial charge < -0.3 is 10.4 Å². The molecule has 1 aromatic heterocycles. The van der Waals surface area contributed by atoms with E-state index in [1.54, 1.807) is 4.68 Å². The first-order valence-corrected chi connectivity index (χ1v) is 8.90. The number of fused-ring (bicyclic) bond motifs is 1. The van der Waals surface area contributed by atoms with Crippen LogP contribution in [0.25, 0.3) is 0 Å². The number of hydrogen-bond acceptors (Lipinski definition) is 5. The molecular formula is C18H21F2N5O2. The van der Waals surface area contributed by atoms with Crippen LogP contribution in [-0.4, -0.2) is 62.0 Å². The number of halogens is 2. The van der Waals surface area contributed by atoms with Crippen molar-refractivity contribution in [1.29, 1.82) is 0 Å². The Hall–Kier alpha value is -2.39. The molecule has 4 atom stereocenters. The molecule has 1 amide bonds. The Morgan fingerprint density at radius 2 is 2.07 bits per heavy atom. The topological polar surface area (TPSA) is 83.3 Å². The summed E-state index contributed by atoms with van der Waals surface area (Å²) in [4.78, 5) is 17.7. The fourth-order valence-corrected chi connectivity index (χ4v) is 3.86. The van der Waals surface area contributed by atoms with Gasteiger partial charge in [0.1, 0.15) is 12.6 Å². The van der Waals surface area contributed by atoms with E-state index in [4.69, 9.17) is 0 Å². The lowest BCUT2D eigenvalue weighted by Crippen LogP contribution is -2.51. The van der Waals surface area contributed by atoms with Crippen molar-refractivity contribution in [2.24, 2.45) is 5.92 Å². The molecule has 0 bridgehead atoms. The number of aliphatic hydroxyl groups excluding tert-OH is 1. The average molecular weight is 377 g/mol. The summed E-state index contributed by atoms with van der Waals surface area (Å²) in [5.41, 5.74) is 1.02. The van der Waals surface area contributed by atoms with E-state index in [-0.39, 0.29) is 18.7 Å². The molecule has 0 radical (unpaired) electrons. The monoisotopic (exact) mass is 377 g/mol. The third kappa shape index (κ3) is 3.32. The number of carbonyl (C=O) groups is 1. The summed E-state index contributed by atoms with van der Waals surface area (Å²) >= 11 is 0. The molecule has 2 heterocycles. The van der Waals surface area contributed by atoms with Gasteiger partial charge in [0.2, 0.25) is 5.82 Å². The van der Waals surface area contributed by atoms with E-state index in [2.05, 4.69) is 15.4 Å². The van der Waals surface area contributed by atoms with Crippen LogP contribution in [0.1, 0.15) is 29.0 Å². The van der Waals surface area contributed by atoms with Crippen LogP contribution < -0.4 is 5.32 Å². The minimum atomic E-state index is -2.76. The summed E-state index contributed by atoms with van der Waals surface area (Å²) in [5, 5.41) is 17.2. The Bertz CT molecular complexity index is 828. The Morgan fingerprint density at radius 1 is 1.33 bits per heavy atom. The Kier molecular flexibility index (Phi) is 4.43. The lowest BCUT2D eigenvalue weighted by atomic mass is 10.1. The molecule has 1 saturated carbocycles. The number of nitrogens with zero attached hydrogens (tertiary/aromatic N) is 4. The minimum Gasteiger partial charge on any atom is -0.376 e. The zero-order chi connectivity index (χ0) is 19.2. The maximum atomic E-state index is 13.7. The number of carbonyl (C=O) groups excluding carboxylic acids is 1. The smallest absolute Gasteiger partial charge is 0.291 e. The van der Waals surface area contributed by atoms with Crippen molar-refractivity contribution in [3.63, 3.8) is 0 Å². The summed E-state index contributed by atoms with van der Waals surface area (Å²) in [6.07, 6.45) is 0.815. The van der Waals surface area contributed by atoms with E-state index in [1.807, 2.05) is 30.3 Å². The molecule has 2 aromatic rings. The van der Waals surface area contributed by atoms with Gasteiger partial charge in [-0.25, -0.2) is 18.4 Å². The molecule has 0 spiro atoms. The van der Waals surface area contributed by atoms with Gasteiger partial charge in [-0.3, -0.25) is 9.69 Å². The standard InChI is InChI=1S/C18H21F2N5O2/c1-24-14-12(18(14,19)20)7-8-13(17(24)27)22-16(26)15-21-10-25(23-15)9-11-5-3-2-4-6-11/h2-6,10,12-14,17,27H,7-9H2,1H3,(H,22,26)/t12-,13-,14+,17?/m0/s1. The van der Waals surface area contributed by atoms with Gasteiger partial charge in [0, 0.05) is 5.92 Å². The van der Waals surface area contributed by atoms with Crippen LogP contribution in [0.3, 0.4) is 0 Å². The zero-order valence-corrected chi connectivity index (χ0v) is 14.8. The van der Waals surface area contributed by atoms with Crippen LogP contribution in [0.4, 0.5) is 8.78 Å². The van der Waals surface area contributed by atoms with Crippen molar-refractivity contribution in [1.82, 2.24) is 25.0 Å². The fourth-order valence-electron chi connectivity index (χ4n) is 3.86. The van der Waals surface area contributed by atoms with Gasteiger partial charge in [0.25, 0.3) is 11.8 Å². The molecule has 1 aliphatic heterocycles. The second-order valence-electron chi connectivity index (χ2n) is 7.21. The summed E-state index contributed by atoms with van der Waals surface area (Å²) < 4.78 is 28.9.